The number of hydrogen-bond acceptors (Lipinski definition) is 3. The van der Waals surface area contributed by atoms with Crippen molar-refractivity contribution in [1.29, 1.82) is 0 Å². The molecule has 1 aromatic rings. The number of anilines is 1. The average molecular weight is 297 g/mol. The second-order valence-electron chi connectivity index (χ2n) is 5.13. The number of hydrogen-bond donors (Lipinski definition) is 1. The first-order valence-corrected chi connectivity index (χ1v) is 8.34. The van der Waals surface area contributed by atoms with E-state index >= 15 is 0 Å². The van der Waals surface area contributed by atoms with Gasteiger partial charge in [-0.2, -0.15) is 0 Å². The van der Waals surface area contributed by atoms with Gasteiger partial charge in [0.2, 0.25) is 10.0 Å². The third-order valence-electron chi connectivity index (χ3n) is 3.55. The molecular weight excluding hydrogens is 278 g/mol. The molecular formula is C14H19NO4S. The topological polar surface area (TPSA) is 74.7 Å². The molecule has 0 saturated carbocycles. The lowest BCUT2D eigenvalue weighted by molar-refractivity contribution is -0.137. The highest BCUT2D eigenvalue weighted by molar-refractivity contribution is 7.92. The molecule has 1 atom stereocenters. The molecule has 0 spiro atoms. The number of sulfonamides is 1. The summed E-state index contributed by atoms with van der Waals surface area (Å²) in [5.41, 5.74) is 1.77. The van der Waals surface area contributed by atoms with Crippen LogP contribution in [0.2, 0.25) is 0 Å². The normalized spacial score (nSPS) is 18.6. The number of carbonyl (C=O) groups is 1. The highest BCUT2D eigenvalue weighted by Gasteiger charge is 2.31. The Morgan fingerprint density at radius 1 is 1.40 bits per heavy atom. The van der Waals surface area contributed by atoms with Gasteiger partial charge in [-0.3, -0.25) is 9.10 Å². The lowest BCUT2D eigenvalue weighted by Gasteiger charge is -2.36. The van der Waals surface area contributed by atoms with Crippen LogP contribution < -0.4 is 4.31 Å². The van der Waals surface area contributed by atoms with Crippen LogP contribution in [0.3, 0.4) is 0 Å². The molecule has 1 aromatic carbocycles. The standard InChI is InChI=1S/C14H19NO4S/c1-11-8-9-12-5-2-3-6-13(12)15(11)20(18,19)10-4-7-14(16)17/h2-3,5-6,11H,4,7-10H2,1H3,(H,16,17). The third-order valence-corrected chi connectivity index (χ3v) is 5.51. The Bertz CT molecular complexity index is 597. The molecule has 1 N–H and O–H groups in total. The van der Waals surface area contributed by atoms with E-state index in [1.54, 1.807) is 0 Å². The first kappa shape index (κ1) is 14.8. The molecule has 1 aliphatic heterocycles. The lowest BCUT2D eigenvalue weighted by atomic mass is 9.99. The summed E-state index contributed by atoms with van der Waals surface area (Å²) in [5.74, 6) is -1.09. The maximum Gasteiger partial charge on any atom is 0.303 e. The van der Waals surface area contributed by atoms with E-state index in [1.807, 2.05) is 31.2 Å². The van der Waals surface area contributed by atoms with Gasteiger partial charge >= 0.3 is 5.97 Å². The molecule has 0 fully saturated rings. The minimum atomic E-state index is -3.47. The number of carboxylic acids is 1. The van der Waals surface area contributed by atoms with Crippen LogP contribution in [0.5, 0.6) is 0 Å². The molecule has 1 unspecified atom stereocenters. The van der Waals surface area contributed by atoms with Crippen molar-refractivity contribution in [2.75, 3.05) is 10.1 Å². The second kappa shape index (κ2) is 5.83. The number of benzene rings is 1. The van der Waals surface area contributed by atoms with Crippen LogP contribution >= 0.6 is 0 Å². The van der Waals surface area contributed by atoms with E-state index in [0.29, 0.717) is 0 Å². The molecule has 0 aliphatic carbocycles. The van der Waals surface area contributed by atoms with Gasteiger partial charge in [0.25, 0.3) is 0 Å². The summed E-state index contributed by atoms with van der Waals surface area (Å²) in [6.45, 7) is 1.89. The van der Waals surface area contributed by atoms with E-state index in [4.69, 9.17) is 5.11 Å². The zero-order chi connectivity index (χ0) is 14.8. The third kappa shape index (κ3) is 3.12. The van der Waals surface area contributed by atoms with E-state index in [2.05, 4.69) is 0 Å². The predicted octanol–water partition coefficient (Wildman–Crippen LogP) is 2.02. The van der Waals surface area contributed by atoms with Gasteiger partial charge < -0.3 is 5.11 Å². The Morgan fingerprint density at radius 3 is 2.80 bits per heavy atom. The van der Waals surface area contributed by atoms with Crippen LogP contribution in [0.15, 0.2) is 24.3 Å². The molecule has 0 radical (unpaired) electrons. The van der Waals surface area contributed by atoms with Gasteiger partial charge in [0, 0.05) is 12.5 Å². The van der Waals surface area contributed by atoms with Crippen molar-refractivity contribution in [2.45, 2.75) is 38.6 Å². The zero-order valence-electron chi connectivity index (χ0n) is 11.4. The summed E-state index contributed by atoms with van der Waals surface area (Å²) < 4.78 is 26.4. The van der Waals surface area contributed by atoms with Gasteiger partial charge in [-0.1, -0.05) is 18.2 Å². The van der Waals surface area contributed by atoms with E-state index < -0.39 is 16.0 Å². The Morgan fingerprint density at radius 2 is 2.10 bits per heavy atom. The summed E-state index contributed by atoms with van der Waals surface area (Å²) >= 11 is 0. The molecule has 0 amide bonds. The number of carboxylic acid groups (broad SMARTS) is 1. The number of nitrogens with zero attached hydrogens (tertiary/aromatic N) is 1. The van der Waals surface area contributed by atoms with Gasteiger partial charge in [-0.15, -0.1) is 0 Å². The smallest absolute Gasteiger partial charge is 0.303 e. The summed E-state index contributed by atoms with van der Waals surface area (Å²) in [6, 6.07) is 7.42. The second-order valence-corrected chi connectivity index (χ2v) is 7.09. The van der Waals surface area contributed by atoms with Gasteiger partial charge in [0.05, 0.1) is 11.4 Å². The molecule has 0 saturated heterocycles. The largest absolute Gasteiger partial charge is 0.481 e. The van der Waals surface area contributed by atoms with Crippen molar-refractivity contribution in [3.05, 3.63) is 29.8 Å². The van der Waals surface area contributed by atoms with Crippen LogP contribution in [0.4, 0.5) is 5.69 Å². The van der Waals surface area contributed by atoms with E-state index in [-0.39, 0.29) is 24.6 Å². The molecule has 6 heteroatoms. The van der Waals surface area contributed by atoms with Crippen molar-refractivity contribution < 1.29 is 18.3 Å². The summed E-state index contributed by atoms with van der Waals surface area (Å²) in [7, 11) is -3.47. The molecule has 1 aliphatic rings. The summed E-state index contributed by atoms with van der Waals surface area (Å²) in [5, 5.41) is 8.62. The fraction of sp³-hybridized carbons (Fsp3) is 0.500. The van der Waals surface area contributed by atoms with Crippen LogP contribution in [0, 0.1) is 0 Å². The number of aryl methyl sites for hydroxylation is 1. The predicted molar refractivity (Wildman–Crippen MR) is 77.4 cm³/mol. The number of fused-ring (bicyclic) bond motifs is 1. The fourth-order valence-electron chi connectivity index (χ4n) is 2.58. The highest BCUT2D eigenvalue weighted by atomic mass is 32.2. The summed E-state index contributed by atoms with van der Waals surface area (Å²) in [6.07, 6.45) is 1.68. The monoisotopic (exact) mass is 297 g/mol. The first-order chi connectivity index (χ1) is 9.42. The quantitative estimate of drug-likeness (QED) is 0.902. The summed E-state index contributed by atoms with van der Waals surface area (Å²) in [4.78, 5) is 10.5. The minimum Gasteiger partial charge on any atom is -0.481 e. The van der Waals surface area contributed by atoms with Gasteiger partial charge in [-0.05, 0) is 37.8 Å². The number of para-hydroxylation sites is 1. The molecule has 1 heterocycles. The molecule has 2 rings (SSSR count). The maximum atomic E-state index is 12.5. The fourth-order valence-corrected chi connectivity index (χ4v) is 4.42. The number of rotatable bonds is 5. The van der Waals surface area contributed by atoms with Crippen molar-refractivity contribution in [3.63, 3.8) is 0 Å². The van der Waals surface area contributed by atoms with Crippen LogP contribution in [0.1, 0.15) is 31.7 Å². The van der Waals surface area contributed by atoms with Gasteiger partial charge in [0.1, 0.15) is 0 Å². The molecule has 110 valence electrons. The maximum absolute atomic E-state index is 12.5. The zero-order valence-corrected chi connectivity index (χ0v) is 12.3. The Balaban J connectivity index is 2.24. The van der Waals surface area contributed by atoms with Gasteiger partial charge in [-0.25, -0.2) is 8.42 Å². The van der Waals surface area contributed by atoms with Crippen molar-refractivity contribution in [2.24, 2.45) is 0 Å². The van der Waals surface area contributed by atoms with Crippen molar-refractivity contribution in [1.82, 2.24) is 0 Å². The Kier molecular flexibility index (Phi) is 4.32. The van der Waals surface area contributed by atoms with Crippen molar-refractivity contribution in [3.8, 4) is 0 Å². The van der Waals surface area contributed by atoms with Crippen LogP contribution in [0.25, 0.3) is 0 Å². The van der Waals surface area contributed by atoms with Crippen LogP contribution in [-0.2, 0) is 21.2 Å². The molecule has 0 aromatic heterocycles. The van der Waals surface area contributed by atoms with Crippen molar-refractivity contribution >= 4 is 21.7 Å². The number of aliphatic carboxylic acids is 1. The van der Waals surface area contributed by atoms with Crippen LogP contribution in [-0.4, -0.2) is 31.3 Å². The molecule has 20 heavy (non-hydrogen) atoms. The minimum absolute atomic E-state index is 0.0836. The highest BCUT2D eigenvalue weighted by Crippen LogP contribution is 2.33. The Hall–Kier alpha value is -1.56. The lowest BCUT2D eigenvalue weighted by Crippen LogP contribution is -2.43. The first-order valence-electron chi connectivity index (χ1n) is 6.73. The van der Waals surface area contributed by atoms with E-state index in [9.17, 15) is 13.2 Å². The van der Waals surface area contributed by atoms with E-state index in [0.717, 1.165) is 24.1 Å². The van der Waals surface area contributed by atoms with Gasteiger partial charge in [0.15, 0.2) is 0 Å². The average Bonchev–Trinajstić information content (AvgIpc) is 2.37. The van der Waals surface area contributed by atoms with E-state index in [1.165, 1.54) is 4.31 Å². The SMILES string of the molecule is CC1CCc2ccccc2N1S(=O)(=O)CCCC(=O)O. The Labute approximate surface area is 119 Å². The molecule has 5 nitrogen and oxygen atoms in total. The molecule has 0 bridgehead atoms.